The van der Waals surface area contributed by atoms with Gasteiger partial charge in [-0.3, -0.25) is 10.1 Å². The zero-order valence-corrected chi connectivity index (χ0v) is 13.3. The molecule has 3 rings (SSSR count). The third-order valence-corrected chi connectivity index (χ3v) is 3.42. The normalized spacial score (nSPS) is 15.0. The zero-order valence-electron chi connectivity index (χ0n) is 13.3. The Morgan fingerprint density at radius 3 is 2.68 bits per heavy atom. The van der Waals surface area contributed by atoms with Crippen LogP contribution in [-0.2, 0) is 9.53 Å². The summed E-state index contributed by atoms with van der Waals surface area (Å²) in [7, 11) is 0. The molecular weight excluding hydrogens is 324 g/mol. The number of nitrogens with zero attached hydrogens (tertiary/aromatic N) is 2. The van der Waals surface area contributed by atoms with Gasteiger partial charge < -0.3 is 9.47 Å². The second-order valence-electron chi connectivity index (χ2n) is 5.15. The van der Waals surface area contributed by atoms with Crippen molar-refractivity contribution in [2.45, 2.75) is 6.92 Å². The monoisotopic (exact) mass is 338 g/mol. The van der Waals surface area contributed by atoms with Crippen LogP contribution in [0.15, 0.2) is 59.2 Å². The van der Waals surface area contributed by atoms with Crippen LogP contribution in [0.3, 0.4) is 0 Å². The molecule has 2 aromatic rings. The van der Waals surface area contributed by atoms with E-state index >= 15 is 0 Å². The van der Waals surface area contributed by atoms with Gasteiger partial charge >= 0.3 is 5.97 Å². The molecule has 0 radical (unpaired) electrons. The molecule has 1 aliphatic rings. The van der Waals surface area contributed by atoms with Crippen LogP contribution in [0.4, 0.5) is 5.69 Å². The van der Waals surface area contributed by atoms with E-state index in [0.717, 1.165) is 11.3 Å². The topological polar surface area (TPSA) is 91.0 Å². The number of aliphatic imine (C=N–C) groups is 1. The number of hydrogen-bond acceptors (Lipinski definition) is 6. The molecule has 126 valence electrons. The summed E-state index contributed by atoms with van der Waals surface area (Å²) in [6, 6.07) is 13.0. The maximum Gasteiger partial charge on any atom is 0.363 e. The first-order chi connectivity index (χ1) is 12.1. The molecule has 0 unspecified atom stereocenters. The number of nitro groups is 1. The van der Waals surface area contributed by atoms with Crippen molar-refractivity contribution in [2.75, 3.05) is 6.61 Å². The van der Waals surface area contributed by atoms with E-state index in [-0.39, 0.29) is 17.3 Å². The molecule has 0 N–H and O–H groups in total. The number of esters is 1. The highest BCUT2D eigenvalue weighted by Crippen LogP contribution is 2.22. The number of cyclic esters (lactones) is 1. The Labute approximate surface area is 143 Å². The molecule has 0 aliphatic carbocycles. The second kappa shape index (κ2) is 6.96. The van der Waals surface area contributed by atoms with E-state index in [1.807, 2.05) is 6.92 Å². The zero-order chi connectivity index (χ0) is 17.8. The first-order valence-electron chi connectivity index (χ1n) is 7.57. The number of carbonyl (C=O) groups excluding carboxylic acids is 1. The van der Waals surface area contributed by atoms with E-state index in [2.05, 4.69) is 4.99 Å². The number of rotatable bonds is 5. The summed E-state index contributed by atoms with van der Waals surface area (Å²) in [5, 5.41) is 10.8. The van der Waals surface area contributed by atoms with E-state index in [1.165, 1.54) is 18.2 Å². The van der Waals surface area contributed by atoms with Gasteiger partial charge in [0.15, 0.2) is 5.70 Å². The van der Waals surface area contributed by atoms with Gasteiger partial charge in [0.25, 0.3) is 5.69 Å². The number of ether oxygens (including phenoxy) is 2. The maximum atomic E-state index is 12.0. The van der Waals surface area contributed by atoms with Crippen molar-refractivity contribution in [3.05, 3.63) is 75.5 Å². The van der Waals surface area contributed by atoms with Crippen LogP contribution < -0.4 is 4.74 Å². The van der Waals surface area contributed by atoms with Crippen molar-refractivity contribution in [3.8, 4) is 5.75 Å². The van der Waals surface area contributed by atoms with Gasteiger partial charge in [0.1, 0.15) is 5.75 Å². The molecule has 0 saturated carbocycles. The van der Waals surface area contributed by atoms with Crippen molar-refractivity contribution < 1.29 is 19.2 Å². The van der Waals surface area contributed by atoms with Gasteiger partial charge in [0.05, 0.1) is 11.5 Å². The Kier molecular flexibility index (Phi) is 4.56. The molecule has 0 atom stereocenters. The number of hydrogen-bond donors (Lipinski definition) is 0. The van der Waals surface area contributed by atoms with E-state index in [9.17, 15) is 14.9 Å². The minimum Gasteiger partial charge on any atom is -0.494 e. The highest BCUT2D eigenvalue weighted by Gasteiger charge is 2.25. The molecule has 0 spiro atoms. The van der Waals surface area contributed by atoms with Crippen LogP contribution in [0.2, 0.25) is 0 Å². The van der Waals surface area contributed by atoms with Crippen molar-refractivity contribution in [1.82, 2.24) is 0 Å². The molecule has 0 saturated heterocycles. The first-order valence-corrected chi connectivity index (χ1v) is 7.57. The number of nitro benzene ring substituents is 1. The van der Waals surface area contributed by atoms with Crippen molar-refractivity contribution in [2.24, 2.45) is 4.99 Å². The molecule has 1 aliphatic heterocycles. The minimum absolute atomic E-state index is 0.0471. The van der Waals surface area contributed by atoms with Crippen LogP contribution in [0, 0.1) is 10.1 Å². The third kappa shape index (κ3) is 3.72. The standard InChI is InChI=1S/C18H14N2O5/c1-2-24-15-8-6-12(7-9-15)10-16-18(21)25-17(19-16)13-4-3-5-14(11-13)20(22)23/h3-11H,2H2,1H3/b16-10-. The predicted molar refractivity (Wildman–Crippen MR) is 91.3 cm³/mol. The first kappa shape index (κ1) is 16.4. The number of benzene rings is 2. The predicted octanol–water partition coefficient (Wildman–Crippen LogP) is 3.34. The Bertz CT molecular complexity index is 885. The third-order valence-electron chi connectivity index (χ3n) is 3.42. The largest absolute Gasteiger partial charge is 0.494 e. The van der Waals surface area contributed by atoms with Crippen molar-refractivity contribution in [3.63, 3.8) is 0 Å². The van der Waals surface area contributed by atoms with Gasteiger partial charge in [-0.2, -0.15) is 0 Å². The molecule has 0 aromatic heterocycles. The van der Waals surface area contributed by atoms with Gasteiger partial charge in [-0.1, -0.05) is 18.2 Å². The lowest BCUT2D eigenvalue weighted by atomic mass is 10.2. The lowest BCUT2D eigenvalue weighted by Crippen LogP contribution is -2.05. The highest BCUT2D eigenvalue weighted by atomic mass is 16.6. The molecule has 2 aromatic carbocycles. The van der Waals surface area contributed by atoms with E-state index < -0.39 is 10.9 Å². The minimum atomic E-state index is -0.601. The molecule has 0 bridgehead atoms. The average molecular weight is 338 g/mol. The summed E-state index contributed by atoms with van der Waals surface area (Å²) in [6.07, 6.45) is 1.59. The lowest BCUT2D eigenvalue weighted by Gasteiger charge is -2.02. The summed E-state index contributed by atoms with van der Waals surface area (Å²) < 4.78 is 10.5. The fourth-order valence-corrected chi connectivity index (χ4v) is 2.27. The lowest BCUT2D eigenvalue weighted by molar-refractivity contribution is -0.384. The SMILES string of the molecule is CCOc1ccc(/C=C2\N=C(c3cccc([N+](=O)[O-])c3)OC2=O)cc1. The molecule has 0 amide bonds. The van der Waals surface area contributed by atoms with Crippen LogP contribution >= 0.6 is 0 Å². The van der Waals surface area contributed by atoms with Gasteiger partial charge in [-0.25, -0.2) is 9.79 Å². The Morgan fingerprint density at radius 1 is 1.24 bits per heavy atom. The summed E-state index contributed by atoms with van der Waals surface area (Å²) in [5.41, 5.74) is 1.17. The van der Waals surface area contributed by atoms with Gasteiger partial charge in [-0.15, -0.1) is 0 Å². The Hall–Kier alpha value is -3.48. The Morgan fingerprint density at radius 2 is 2.00 bits per heavy atom. The van der Waals surface area contributed by atoms with E-state index in [0.29, 0.717) is 12.2 Å². The summed E-state index contributed by atoms with van der Waals surface area (Å²) >= 11 is 0. The van der Waals surface area contributed by atoms with Gasteiger partial charge in [0, 0.05) is 17.7 Å². The van der Waals surface area contributed by atoms with E-state index in [4.69, 9.17) is 9.47 Å². The summed E-state index contributed by atoms with van der Waals surface area (Å²) in [4.78, 5) is 26.5. The van der Waals surface area contributed by atoms with Crippen LogP contribution in [0.5, 0.6) is 5.75 Å². The summed E-state index contributed by atoms with van der Waals surface area (Å²) in [6.45, 7) is 2.47. The fraction of sp³-hybridized carbons (Fsp3) is 0.111. The highest BCUT2D eigenvalue weighted by molar-refractivity contribution is 6.13. The maximum absolute atomic E-state index is 12.0. The quantitative estimate of drug-likeness (QED) is 0.361. The fourth-order valence-electron chi connectivity index (χ4n) is 2.27. The van der Waals surface area contributed by atoms with Crippen LogP contribution in [-0.4, -0.2) is 23.4 Å². The molecule has 1 heterocycles. The van der Waals surface area contributed by atoms with Crippen molar-refractivity contribution >= 4 is 23.6 Å². The average Bonchev–Trinajstić information content (AvgIpc) is 2.98. The van der Waals surface area contributed by atoms with Crippen LogP contribution in [0.25, 0.3) is 6.08 Å². The molecule has 25 heavy (non-hydrogen) atoms. The van der Waals surface area contributed by atoms with Gasteiger partial charge in [-0.05, 0) is 36.8 Å². The van der Waals surface area contributed by atoms with E-state index in [1.54, 1.807) is 36.4 Å². The smallest absolute Gasteiger partial charge is 0.363 e. The number of carbonyl (C=O) groups is 1. The Balaban J connectivity index is 1.87. The van der Waals surface area contributed by atoms with Crippen LogP contribution in [0.1, 0.15) is 18.1 Å². The van der Waals surface area contributed by atoms with Crippen molar-refractivity contribution in [1.29, 1.82) is 0 Å². The van der Waals surface area contributed by atoms with Gasteiger partial charge in [0.2, 0.25) is 5.90 Å². The molecule has 7 nitrogen and oxygen atoms in total. The molecule has 0 fully saturated rings. The molecular formula is C18H14N2O5. The second-order valence-corrected chi connectivity index (χ2v) is 5.15. The number of non-ortho nitro benzene ring substituents is 1. The molecule has 7 heteroatoms. The summed E-state index contributed by atoms with van der Waals surface area (Å²) in [5.74, 6) is 0.181.